The van der Waals surface area contributed by atoms with Crippen molar-refractivity contribution in [2.75, 3.05) is 19.8 Å². The highest BCUT2D eigenvalue weighted by Crippen LogP contribution is 2.38. The van der Waals surface area contributed by atoms with Gasteiger partial charge < -0.3 is 14.4 Å². The molecule has 1 aromatic carbocycles. The predicted octanol–water partition coefficient (Wildman–Crippen LogP) is 4.60. The van der Waals surface area contributed by atoms with E-state index in [-0.39, 0.29) is 5.91 Å². The maximum atomic E-state index is 12.8. The van der Waals surface area contributed by atoms with Gasteiger partial charge in [0.2, 0.25) is 0 Å². The average molecular weight is 417 g/mol. The molecule has 2 heterocycles. The van der Waals surface area contributed by atoms with Gasteiger partial charge in [-0.2, -0.15) is 0 Å². The number of rotatable bonds is 4. The summed E-state index contributed by atoms with van der Waals surface area (Å²) >= 11 is 11.3. The van der Waals surface area contributed by atoms with E-state index in [1.165, 1.54) is 0 Å². The maximum absolute atomic E-state index is 12.8. The molecule has 1 aliphatic heterocycles. The molecule has 1 amide bonds. The summed E-state index contributed by atoms with van der Waals surface area (Å²) in [5, 5.41) is 0.403. The molecule has 0 saturated carbocycles. The number of fused-ring (bicyclic) bond motifs is 1. The van der Waals surface area contributed by atoms with Gasteiger partial charge in [-0.15, -0.1) is 11.3 Å². The average Bonchev–Trinajstić information content (AvgIpc) is 2.97. The first-order valence-corrected chi connectivity index (χ1v) is 9.20. The fraction of sp³-hybridized carbons (Fsp3) is 0.312. The number of nitrogens with zero attached hydrogens (tertiary/aromatic N) is 1. The Kier molecular flexibility index (Phi) is 5.14. The number of benzene rings is 1. The largest absolute Gasteiger partial charge is 0.486 e. The Morgan fingerprint density at radius 1 is 1.35 bits per heavy atom. The molecule has 4 nitrogen and oxygen atoms in total. The first-order valence-electron chi connectivity index (χ1n) is 7.21. The number of carbonyl (C=O) groups excluding carboxylic acids is 1. The van der Waals surface area contributed by atoms with E-state index in [1.54, 1.807) is 28.4 Å². The first-order chi connectivity index (χ1) is 11.1. The molecule has 0 radical (unpaired) electrons. The van der Waals surface area contributed by atoms with E-state index in [0.717, 1.165) is 8.66 Å². The zero-order valence-corrected chi connectivity index (χ0v) is 15.6. The van der Waals surface area contributed by atoms with Crippen molar-refractivity contribution in [3.8, 4) is 11.5 Å². The van der Waals surface area contributed by atoms with Crippen LogP contribution in [0.15, 0.2) is 28.1 Å². The van der Waals surface area contributed by atoms with Crippen LogP contribution in [-0.2, 0) is 6.54 Å². The number of hydrogen-bond donors (Lipinski definition) is 0. The number of carbonyl (C=O) groups is 1. The predicted molar refractivity (Wildman–Crippen MR) is 94.9 cm³/mol. The Labute approximate surface area is 152 Å². The third-order valence-corrected chi connectivity index (χ3v) is 5.38. The minimum atomic E-state index is -0.0732. The molecule has 0 N–H and O–H groups in total. The van der Waals surface area contributed by atoms with Gasteiger partial charge in [-0.25, -0.2) is 0 Å². The topological polar surface area (TPSA) is 38.8 Å². The molecule has 7 heteroatoms. The Hall–Kier alpha value is -1.24. The van der Waals surface area contributed by atoms with Crippen molar-refractivity contribution < 1.29 is 14.3 Å². The molecule has 0 fully saturated rings. The van der Waals surface area contributed by atoms with E-state index in [4.69, 9.17) is 21.1 Å². The Balaban J connectivity index is 1.84. The van der Waals surface area contributed by atoms with Crippen LogP contribution < -0.4 is 9.47 Å². The van der Waals surface area contributed by atoms with Crippen LogP contribution in [0.5, 0.6) is 11.5 Å². The van der Waals surface area contributed by atoms with E-state index < -0.39 is 0 Å². The summed E-state index contributed by atoms with van der Waals surface area (Å²) in [6.07, 6.45) is 0. The highest BCUT2D eigenvalue weighted by atomic mass is 79.9. The third-order valence-electron chi connectivity index (χ3n) is 3.49. The number of hydrogen-bond acceptors (Lipinski definition) is 4. The zero-order chi connectivity index (χ0) is 16.4. The van der Waals surface area contributed by atoms with Gasteiger partial charge >= 0.3 is 0 Å². The molecule has 1 aliphatic rings. The fourth-order valence-corrected chi connectivity index (χ4v) is 4.13. The minimum absolute atomic E-state index is 0.0732. The highest BCUT2D eigenvalue weighted by molar-refractivity contribution is 9.11. The van der Waals surface area contributed by atoms with E-state index in [0.29, 0.717) is 48.4 Å². The second-order valence-corrected chi connectivity index (χ2v) is 7.96. The van der Waals surface area contributed by atoms with Crippen molar-refractivity contribution in [3.05, 3.63) is 43.5 Å². The smallest absolute Gasteiger partial charge is 0.254 e. The number of ether oxygens (including phenoxy) is 2. The molecule has 0 unspecified atom stereocenters. The molecule has 23 heavy (non-hydrogen) atoms. The normalized spacial score (nSPS) is 13.0. The second kappa shape index (κ2) is 7.11. The van der Waals surface area contributed by atoms with E-state index in [1.807, 2.05) is 19.1 Å². The van der Waals surface area contributed by atoms with Crippen molar-refractivity contribution in [3.63, 3.8) is 0 Å². The standard InChI is InChI=1S/C16H15BrClNO3S/c1-2-19(9-11-3-4-14(17)23-11)16(20)10-7-12(18)15-13(8-10)21-5-6-22-15/h3-4,7-8H,2,5-6,9H2,1H3. The lowest BCUT2D eigenvalue weighted by atomic mass is 10.1. The van der Waals surface area contributed by atoms with Gasteiger partial charge in [0, 0.05) is 17.0 Å². The van der Waals surface area contributed by atoms with Gasteiger partial charge in [-0.3, -0.25) is 4.79 Å². The van der Waals surface area contributed by atoms with Crippen molar-refractivity contribution in [1.29, 1.82) is 0 Å². The van der Waals surface area contributed by atoms with Gasteiger partial charge in [0.15, 0.2) is 11.5 Å². The van der Waals surface area contributed by atoms with Gasteiger partial charge in [-0.1, -0.05) is 11.6 Å². The minimum Gasteiger partial charge on any atom is -0.486 e. The van der Waals surface area contributed by atoms with Gasteiger partial charge in [0.25, 0.3) is 5.91 Å². The van der Waals surface area contributed by atoms with Crippen molar-refractivity contribution in [2.24, 2.45) is 0 Å². The first kappa shape index (κ1) is 16.6. The van der Waals surface area contributed by atoms with Crippen LogP contribution in [0.4, 0.5) is 0 Å². The number of amides is 1. The number of thiophene rings is 1. The summed E-state index contributed by atoms with van der Waals surface area (Å²) in [6.45, 7) is 4.06. The zero-order valence-electron chi connectivity index (χ0n) is 12.5. The van der Waals surface area contributed by atoms with Crippen molar-refractivity contribution >= 4 is 44.8 Å². The van der Waals surface area contributed by atoms with Crippen LogP contribution in [0.25, 0.3) is 0 Å². The van der Waals surface area contributed by atoms with Crippen LogP contribution in [0, 0.1) is 0 Å². The molecule has 3 rings (SSSR count). The van der Waals surface area contributed by atoms with Crippen LogP contribution >= 0.6 is 38.9 Å². The SMILES string of the molecule is CCN(Cc1ccc(Br)s1)C(=O)c1cc(Cl)c2c(c1)OCCO2. The van der Waals surface area contributed by atoms with E-state index in [9.17, 15) is 4.79 Å². The van der Waals surface area contributed by atoms with Crippen LogP contribution in [-0.4, -0.2) is 30.6 Å². The van der Waals surface area contributed by atoms with Crippen molar-refractivity contribution in [2.45, 2.75) is 13.5 Å². The molecule has 1 aromatic heterocycles. The summed E-state index contributed by atoms with van der Waals surface area (Å²) < 4.78 is 12.1. The lowest BCUT2D eigenvalue weighted by molar-refractivity contribution is 0.0753. The Bertz CT molecular complexity index is 734. The Morgan fingerprint density at radius 2 is 2.13 bits per heavy atom. The summed E-state index contributed by atoms with van der Waals surface area (Å²) in [4.78, 5) is 15.7. The molecule has 0 spiro atoms. The fourth-order valence-electron chi connectivity index (χ4n) is 2.37. The third kappa shape index (κ3) is 3.65. The van der Waals surface area contributed by atoms with Crippen LogP contribution in [0.3, 0.4) is 0 Å². The van der Waals surface area contributed by atoms with Gasteiger partial charge in [-0.05, 0) is 47.1 Å². The van der Waals surface area contributed by atoms with Gasteiger partial charge in [0.05, 0.1) is 15.4 Å². The maximum Gasteiger partial charge on any atom is 0.254 e. The van der Waals surface area contributed by atoms with Crippen molar-refractivity contribution in [1.82, 2.24) is 4.90 Å². The van der Waals surface area contributed by atoms with Crippen LogP contribution in [0.1, 0.15) is 22.2 Å². The summed E-state index contributed by atoms with van der Waals surface area (Å²) in [5.74, 6) is 0.970. The lowest BCUT2D eigenvalue weighted by Crippen LogP contribution is -2.30. The monoisotopic (exact) mass is 415 g/mol. The highest BCUT2D eigenvalue weighted by Gasteiger charge is 2.22. The van der Waals surface area contributed by atoms with Crippen LogP contribution in [0.2, 0.25) is 5.02 Å². The van der Waals surface area contributed by atoms with Gasteiger partial charge in [0.1, 0.15) is 13.2 Å². The molecule has 2 aromatic rings. The quantitative estimate of drug-likeness (QED) is 0.731. The molecule has 0 aliphatic carbocycles. The lowest BCUT2D eigenvalue weighted by Gasteiger charge is -2.23. The molecule has 122 valence electrons. The van der Waals surface area contributed by atoms with E-state index in [2.05, 4.69) is 15.9 Å². The number of halogens is 2. The molecular formula is C16H15BrClNO3S. The Morgan fingerprint density at radius 3 is 2.83 bits per heavy atom. The molecular weight excluding hydrogens is 402 g/mol. The summed E-state index contributed by atoms with van der Waals surface area (Å²) in [7, 11) is 0. The van der Waals surface area contributed by atoms with E-state index >= 15 is 0 Å². The second-order valence-electron chi connectivity index (χ2n) is 5.01. The molecule has 0 bridgehead atoms. The summed E-state index contributed by atoms with van der Waals surface area (Å²) in [6, 6.07) is 7.35. The summed E-state index contributed by atoms with van der Waals surface area (Å²) in [5.41, 5.74) is 0.511. The molecule has 0 saturated heterocycles. The molecule has 0 atom stereocenters.